The minimum Gasteiger partial charge on any atom is -0.398 e. The van der Waals surface area contributed by atoms with E-state index in [1.54, 1.807) is 18.2 Å². The highest BCUT2D eigenvalue weighted by atomic mass is 79.9. The molecule has 1 aromatic carbocycles. The van der Waals surface area contributed by atoms with Gasteiger partial charge in [-0.05, 0) is 47.5 Å². The van der Waals surface area contributed by atoms with E-state index in [2.05, 4.69) is 15.9 Å². The van der Waals surface area contributed by atoms with Gasteiger partial charge in [-0.25, -0.2) is 8.42 Å². The van der Waals surface area contributed by atoms with E-state index in [-0.39, 0.29) is 4.90 Å². The van der Waals surface area contributed by atoms with Crippen molar-refractivity contribution in [2.24, 2.45) is 0 Å². The van der Waals surface area contributed by atoms with Crippen LogP contribution in [-0.2, 0) is 10.0 Å². The molecule has 0 bridgehead atoms. The molecule has 0 atom stereocenters. The van der Waals surface area contributed by atoms with Crippen molar-refractivity contribution in [3.05, 3.63) is 34.3 Å². The summed E-state index contributed by atoms with van der Waals surface area (Å²) in [7, 11) is -3.42. The maximum Gasteiger partial charge on any atom is 0.243 e. The second-order valence-electron chi connectivity index (χ2n) is 4.35. The van der Waals surface area contributed by atoms with E-state index < -0.39 is 10.0 Å². The normalized spacial score (nSPS) is 17.6. The van der Waals surface area contributed by atoms with Crippen LogP contribution in [0.15, 0.2) is 39.2 Å². The summed E-state index contributed by atoms with van der Waals surface area (Å²) in [4.78, 5) is 0.275. The Labute approximate surface area is 116 Å². The van der Waals surface area contributed by atoms with E-state index in [0.29, 0.717) is 23.2 Å². The van der Waals surface area contributed by atoms with Crippen LogP contribution in [0.4, 0.5) is 5.69 Å². The third-order valence-corrected chi connectivity index (χ3v) is 5.56. The van der Waals surface area contributed by atoms with Crippen LogP contribution in [0.5, 0.6) is 0 Å². The maximum absolute atomic E-state index is 12.4. The topological polar surface area (TPSA) is 63.4 Å². The smallest absolute Gasteiger partial charge is 0.243 e. The fourth-order valence-corrected chi connectivity index (χ4v) is 3.73. The van der Waals surface area contributed by atoms with Gasteiger partial charge >= 0.3 is 0 Å². The van der Waals surface area contributed by atoms with Gasteiger partial charge in [0.15, 0.2) is 0 Å². The molecule has 0 fully saturated rings. The molecule has 4 nitrogen and oxygen atoms in total. The molecule has 18 heavy (non-hydrogen) atoms. The number of rotatable bonds is 2. The van der Waals surface area contributed by atoms with Gasteiger partial charge in [0, 0.05) is 23.2 Å². The summed E-state index contributed by atoms with van der Waals surface area (Å²) in [5, 5.41) is 0. The van der Waals surface area contributed by atoms with Crippen LogP contribution in [0.1, 0.15) is 13.3 Å². The van der Waals surface area contributed by atoms with E-state index in [9.17, 15) is 8.42 Å². The molecule has 2 N–H and O–H groups in total. The summed E-state index contributed by atoms with van der Waals surface area (Å²) >= 11 is 3.25. The van der Waals surface area contributed by atoms with E-state index in [1.165, 1.54) is 9.88 Å². The minimum atomic E-state index is -3.42. The molecule has 0 spiro atoms. The predicted molar refractivity (Wildman–Crippen MR) is 75.7 cm³/mol. The number of sulfonamides is 1. The number of halogens is 1. The SMILES string of the molecule is CC1=CCN(S(=O)(=O)c2ccc(N)c(Br)c2)CC1. The van der Waals surface area contributed by atoms with E-state index >= 15 is 0 Å². The molecule has 6 heteroatoms. The predicted octanol–water partition coefficient (Wildman–Crippen LogP) is 2.37. The van der Waals surface area contributed by atoms with Crippen LogP contribution in [0.25, 0.3) is 0 Å². The summed E-state index contributed by atoms with van der Waals surface area (Å²) in [6, 6.07) is 4.69. The first kappa shape index (κ1) is 13.6. The van der Waals surface area contributed by atoms with E-state index in [1.807, 2.05) is 13.0 Å². The van der Waals surface area contributed by atoms with Gasteiger partial charge < -0.3 is 5.73 Å². The highest BCUT2D eigenvalue weighted by molar-refractivity contribution is 9.10. The van der Waals surface area contributed by atoms with Gasteiger partial charge in [0.25, 0.3) is 0 Å². The van der Waals surface area contributed by atoms with Gasteiger partial charge in [0.1, 0.15) is 0 Å². The minimum absolute atomic E-state index is 0.275. The quantitative estimate of drug-likeness (QED) is 0.668. The summed E-state index contributed by atoms with van der Waals surface area (Å²) < 4.78 is 26.9. The molecule has 0 aliphatic carbocycles. The second kappa shape index (κ2) is 5.03. The van der Waals surface area contributed by atoms with Crippen LogP contribution < -0.4 is 5.73 Å². The second-order valence-corrected chi connectivity index (χ2v) is 7.14. The van der Waals surface area contributed by atoms with Gasteiger partial charge in [-0.2, -0.15) is 4.31 Å². The molecule has 0 unspecified atom stereocenters. The van der Waals surface area contributed by atoms with Gasteiger partial charge in [0.2, 0.25) is 10.0 Å². The first-order chi connectivity index (χ1) is 8.41. The molecule has 0 amide bonds. The number of hydrogen-bond donors (Lipinski definition) is 1. The molecule has 0 saturated carbocycles. The zero-order valence-electron chi connectivity index (χ0n) is 10.1. The molecule has 0 saturated heterocycles. The standard InChI is InChI=1S/C12H15BrN2O2S/c1-9-4-6-15(7-5-9)18(16,17)10-2-3-12(14)11(13)8-10/h2-4,8H,5-7,14H2,1H3. The summed E-state index contributed by atoms with van der Waals surface area (Å²) in [5.41, 5.74) is 7.43. The van der Waals surface area contributed by atoms with Crippen molar-refractivity contribution in [1.82, 2.24) is 4.31 Å². The van der Waals surface area contributed by atoms with Crippen molar-refractivity contribution < 1.29 is 8.42 Å². The molecule has 1 aliphatic heterocycles. The summed E-state index contributed by atoms with van der Waals surface area (Å²) in [6.07, 6.45) is 2.74. The summed E-state index contributed by atoms with van der Waals surface area (Å²) in [6.45, 7) is 2.99. The van der Waals surface area contributed by atoms with Crippen LogP contribution >= 0.6 is 15.9 Å². The van der Waals surface area contributed by atoms with Crippen molar-refractivity contribution in [3.8, 4) is 0 Å². The number of hydrogen-bond acceptors (Lipinski definition) is 3. The lowest BCUT2D eigenvalue weighted by atomic mass is 10.1. The maximum atomic E-state index is 12.4. The average Bonchev–Trinajstić information content (AvgIpc) is 2.33. The van der Waals surface area contributed by atoms with Crippen molar-refractivity contribution in [2.75, 3.05) is 18.8 Å². The molecular formula is C12H15BrN2O2S. The zero-order valence-corrected chi connectivity index (χ0v) is 12.5. The number of anilines is 1. The fourth-order valence-electron chi connectivity index (χ4n) is 1.79. The third kappa shape index (κ3) is 2.60. The summed E-state index contributed by atoms with van der Waals surface area (Å²) in [5.74, 6) is 0. The molecule has 0 aromatic heterocycles. The Morgan fingerprint density at radius 2 is 2.11 bits per heavy atom. The third-order valence-electron chi connectivity index (χ3n) is 3.01. The number of nitrogen functional groups attached to an aromatic ring is 1. The van der Waals surface area contributed by atoms with Crippen molar-refractivity contribution in [1.29, 1.82) is 0 Å². The largest absolute Gasteiger partial charge is 0.398 e. The molecule has 0 radical (unpaired) electrons. The number of benzene rings is 1. The molecular weight excluding hydrogens is 316 g/mol. The van der Waals surface area contributed by atoms with Gasteiger partial charge in [-0.1, -0.05) is 11.6 Å². The molecule has 1 aliphatic rings. The Kier molecular flexibility index (Phi) is 3.79. The van der Waals surface area contributed by atoms with Crippen LogP contribution in [0, 0.1) is 0 Å². The Morgan fingerprint density at radius 3 is 2.67 bits per heavy atom. The van der Waals surface area contributed by atoms with Gasteiger partial charge in [-0.3, -0.25) is 0 Å². The van der Waals surface area contributed by atoms with Crippen LogP contribution in [0.2, 0.25) is 0 Å². The number of nitrogens with zero attached hydrogens (tertiary/aromatic N) is 1. The van der Waals surface area contributed by atoms with E-state index in [0.717, 1.165) is 6.42 Å². The van der Waals surface area contributed by atoms with Gasteiger partial charge in [-0.15, -0.1) is 0 Å². The number of nitrogens with two attached hydrogens (primary N) is 1. The van der Waals surface area contributed by atoms with Gasteiger partial charge in [0.05, 0.1) is 4.90 Å². The fraction of sp³-hybridized carbons (Fsp3) is 0.333. The lowest BCUT2D eigenvalue weighted by Crippen LogP contribution is -2.34. The highest BCUT2D eigenvalue weighted by Crippen LogP contribution is 2.26. The Morgan fingerprint density at radius 1 is 1.39 bits per heavy atom. The lowest BCUT2D eigenvalue weighted by Gasteiger charge is -2.24. The van der Waals surface area contributed by atoms with Crippen molar-refractivity contribution in [2.45, 2.75) is 18.2 Å². The highest BCUT2D eigenvalue weighted by Gasteiger charge is 2.25. The molecule has 1 heterocycles. The Hall–Kier alpha value is -0.850. The monoisotopic (exact) mass is 330 g/mol. The molecule has 98 valence electrons. The lowest BCUT2D eigenvalue weighted by molar-refractivity contribution is 0.431. The van der Waals surface area contributed by atoms with Crippen LogP contribution in [0.3, 0.4) is 0 Å². The zero-order chi connectivity index (χ0) is 13.3. The van der Waals surface area contributed by atoms with E-state index in [4.69, 9.17) is 5.73 Å². The Balaban J connectivity index is 2.34. The first-order valence-electron chi connectivity index (χ1n) is 5.62. The van der Waals surface area contributed by atoms with Crippen molar-refractivity contribution in [3.63, 3.8) is 0 Å². The van der Waals surface area contributed by atoms with Crippen molar-refractivity contribution >= 4 is 31.6 Å². The Bertz CT molecular complexity index is 596. The average molecular weight is 331 g/mol. The molecule has 2 rings (SSSR count). The van der Waals surface area contributed by atoms with Crippen LogP contribution in [-0.4, -0.2) is 25.8 Å². The molecule has 1 aromatic rings. The first-order valence-corrected chi connectivity index (χ1v) is 7.85.